The summed E-state index contributed by atoms with van der Waals surface area (Å²) in [5.74, 6) is 0.510. The number of rotatable bonds is 2. The minimum absolute atomic E-state index is 0.155. The Bertz CT molecular complexity index is 346. The van der Waals surface area contributed by atoms with E-state index < -0.39 is 0 Å². The third kappa shape index (κ3) is 1.83. The molecule has 0 saturated carbocycles. The first-order chi connectivity index (χ1) is 6.81. The summed E-state index contributed by atoms with van der Waals surface area (Å²) in [4.78, 5) is 11.4. The third-order valence-electron chi connectivity index (χ3n) is 2.93. The van der Waals surface area contributed by atoms with Crippen LogP contribution >= 0.6 is 11.6 Å². The number of hydrogen-bond acceptors (Lipinski definition) is 1. The highest BCUT2D eigenvalue weighted by atomic mass is 35.5. The van der Waals surface area contributed by atoms with Crippen LogP contribution in [0, 0.1) is 5.92 Å². The summed E-state index contributed by atoms with van der Waals surface area (Å²) in [6, 6.07) is 8.36. The monoisotopic (exact) mass is 208 g/mol. The Balaban J connectivity index is 2.17. The molecule has 0 bridgehead atoms. The van der Waals surface area contributed by atoms with Crippen molar-refractivity contribution in [2.45, 2.75) is 19.3 Å². The molecule has 0 saturated heterocycles. The number of benzene rings is 1. The van der Waals surface area contributed by atoms with Crippen molar-refractivity contribution in [3.63, 3.8) is 0 Å². The highest BCUT2D eigenvalue weighted by molar-refractivity contribution is 6.27. The highest BCUT2D eigenvalue weighted by Crippen LogP contribution is 2.25. The molecule has 0 aromatic heterocycles. The van der Waals surface area contributed by atoms with Crippen molar-refractivity contribution in [1.82, 2.24) is 0 Å². The summed E-state index contributed by atoms with van der Waals surface area (Å²) in [5, 5.41) is 0. The summed E-state index contributed by atoms with van der Waals surface area (Å²) in [6.07, 6.45) is 2.85. The van der Waals surface area contributed by atoms with Crippen LogP contribution in [0.1, 0.15) is 17.5 Å². The molecule has 1 atom stereocenters. The molecule has 74 valence electrons. The molecule has 14 heavy (non-hydrogen) atoms. The maximum Gasteiger partial charge on any atom is 0.151 e. The Morgan fingerprint density at radius 3 is 2.79 bits per heavy atom. The second-order valence-corrected chi connectivity index (χ2v) is 4.08. The summed E-state index contributed by atoms with van der Waals surface area (Å²) in [6.45, 7) is 0. The van der Waals surface area contributed by atoms with Crippen molar-refractivity contribution in [2.75, 3.05) is 5.88 Å². The quantitative estimate of drug-likeness (QED) is 0.683. The molecule has 1 unspecified atom stereocenters. The number of carbonyl (C=O) groups is 1. The molecule has 2 heteroatoms. The summed E-state index contributed by atoms with van der Waals surface area (Å²) in [5.41, 5.74) is 2.72. The number of ketones is 1. The SMILES string of the molecule is O=C(CCl)C1CCc2ccccc2C1. The number of carbonyl (C=O) groups excluding carboxylic acids is 1. The average Bonchev–Trinajstić information content (AvgIpc) is 2.27. The lowest BCUT2D eigenvalue weighted by Gasteiger charge is -2.22. The van der Waals surface area contributed by atoms with Gasteiger partial charge in [-0.25, -0.2) is 0 Å². The normalized spacial score (nSPS) is 20.2. The molecular weight excluding hydrogens is 196 g/mol. The van der Waals surface area contributed by atoms with Crippen molar-refractivity contribution >= 4 is 17.4 Å². The van der Waals surface area contributed by atoms with Crippen LogP contribution in [0.2, 0.25) is 0 Å². The molecule has 2 rings (SSSR count). The van der Waals surface area contributed by atoms with Gasteiger partial charge in [0.2, 0.25) is 0 Å². The van der Waals surface area contributed by atoms with Crippen LogP contribution in [0.25, 0.3) is 0 Å². The van der Waals surface area contributed by atoms with E-state index in [-0.39, 0.29) is 17.6 Å². The number of halogens is 1. The van der Waals surface area contributed by atoms with Crippen LogP contribution in [0.5, 0.6) is 0 Å². The first kappa shape index (κ1) is 9.72. The molecule has 0 aliphatic heterocycles. The molecule has 1 aliphatic rings. The Morgan fingerprint density at radius 1 is 1.36 bits per heavy atom. The maximum atomic E-state index is 11.4. The fraction of sp³-hybridized carbons (Fsp3) is 0.417. The molecule has 1 aromatic carbocycles. The number of aryl methyl sites for hydroxylation is 1. The van der Waals surface area contributed by atoms with Crippen LogP contribution in [0.4, 0.5) is 0 Å². The van der Waals surface area contributed by atoms with Gasteiger partial charge in [-0.3, -0.25) is 4.79 Å². The smallest absolute Gasteiger partial charge is 0.151 e. The Morgan fingerprint density at radius 2 is 2.07 bits per heavy atom. The first-order valence-electron chi connectivity index (χ1n) is 4.96. The minimum Gasteiger partial charge on any atom is -0.298 e. The first-order valence-corrected chi connectivity index (χ1v) is 5.50. The van der Waals surface area contributed by atoms with Crippen LogP contribution in [-0.4, -0.2) is 11.7 Å². The number of fused-ring (bicyclic) bond motifs is 1. The lowest BCUT2D eigenvalue weighted by molar-refractivity contribution is -0.120. The molecular formula is C12H13ClO. The van der Waals surface area contributed by atoms with Gasteiger partial charge in [-0.15, -0.1) is 11.6 Å². The molecule has 1 aromatic rings. The maximum absolute atomic E-state index is 11.4. The zero-order chi connectivity index (χ0) is 9.97. The van der Waals surface area contributed by atoms with E-state index in [1.54, 1.807) is 0 Å². The van der Waals surface area contributed by atoms with Crippen molar-refractivity contribution in [1.29, 1.82) is 0 Å². The zero-order valence-corrected chi connectivity index (χ0v) is 8.76. The van der Waals surface area contributed by atoms with Gasteiger partial charge in [0.05, 0.1) is 5.88 Å². The van der Waals surface area contributed by atoms with Gasteiger partial charge in [-0.2, -0.15) is 0 Å². The fourth-order valence-electron chi connectivity index (χ4n) is 2.08. The van der Waals surface area contributed by atoms with Crippen molar-refractivity contribution in [3.05, 3.63) is 35.4 Å². The van der Waals surface area contributed by atoms with E-state index in [1.807, 2.05) is 6.07 Å². The van der Waals surface area contributed by atoms with Gasteiger partial charge in [0.15, 0.2) is 5.78 Å². The summed E-state index contributed by atoms with van der Waals surface area (Å²) in [7, 11) is 0. The standard InChI is InChI=1S/C12H13ClO/c13-8-12(14)11-6-5-9-3-1-2-4-10(9)7-11/h1-4,11H,5-8H2. The van der Waals surface area contributed by atoms with E-state index in [9.17, 15) is 4.79 Å². The Labute approximate surface area is 89.1 Å². The zero-order valence-electron chi connectivity index (χ0n) is 8.00. The highest BCUT2D eigenvalue weighted by Gasteiger charge is 2.23. The van der Waals surface area contributed by atoms with E-state index in [1.165, 1.54) is 11.1 Å². The minimum atomic E-state index is 0.155. The summed E-state index contributed by atoms with van der Waals surface area (Å²) < 4.78 is 0. The van der Waals surface area contributed by atoms with Gasteiger partial charge >= 0.3 is 0 Å². The predicted octanol–water partition coefficient (Wildman–Crippen LogP) is 2.60. The molecule has 1 nitrogen and oxygen atoms in total. The van der Waals surface area contributed by atoms with E-state index >= 15 is 0 Å². The second-order valence-electron chi connectivity index (χ2n) is 3.81. The fourth-order valence-corrected chi connectivity index (χ4v) is 2.30. The van der Waals surface area contributed by atoms with Gasteiger partial charge in [0.25, 0.3) is 0 Å². The van der Waals surface area contributed by atoms with Gasteiger partial charge in [0.1, 0.15) is 0 Å². The average molecular weight is 209 g/mol. The van der Waals surface area contributed by atoms with Crippen LogP contribution in [0.15, 0.2) is 24.3 Å². The van der Waals surface area contributed by atoms with E-state index in [0.717, 1.165) is 19.3 Å². The lowest BCUT2D eigenvalue weighted by Crippen LogP contribution is -2.23. The van der Waals surface area contributed by atoms with Gasteiger partial charge in [-0.05, 0) is 30.4 Å². The molecule has 0 fully saturated rings. The van der Waals surface area contributed by atoms with Crippen LogP contribution in [0.3, 0.4) is 0 Å². The Hall–Kier alpha value is -0.820. The number of Topliss-reactive ketones (excluding diaryl/α,β-unsaturated/α-hetero) is 1. The lowest BCUT2D eigenvalue weighted by atomic mass is 9.82. The van der Waals surface area contributed by atoms with Crippen LogP contribution in [-0.2, 0) is 17.6 Å². The van der Waals surface area contributed by atoms with Gasteiger partial charge < -0.3 is 0 Å². The van der Waals surface area contributed by atoms with E-state index in [2.05, 4.69) is 18.2 Å². The van der Waals surface area contributed by atoms with Crippen molar-refractivity contribution in [3.8, 4) is 0 Å². The summed E-state index contributed by atoms with van der Waals surface area (Å²) >= 11 is 5.56. The molecule has 0 heterocycles. The number of alkyl halides is 1. The second kappa shape index (κ2) is 4.14. The third-order valence-corrected chi connectivity index (χ3v) is 3.20. The largest absolute Gasteiger partial charge is 0.298 e. The Kier molecular flexibility index (Phi) is 2.87. The van der Waals surface area contributed by atoms with E-state index in [4.69, 9.17) is 11.6 Å². The molecule has 0 N–H and O–H groups in total. The predicted molar refractivity (Wildman–Crippen MR) is 57.7 cm³/mol. The van der Waals surface area contributed by atoms with E-state index in [0.29, 0.717) is 0 Å². The van der Waals surface area contributed by atoms with Crippen molar-refractivity contribution in [2.24, 2.45) is 5.92 Å². The molecule has 0 amide bonds. The van der Waals surface area contributed by atoms with Crippen LogP contribution < -0.4 is 0 Å². The van der Waals surface area contributed by atoms with Gasteiger partial charge in [0, 0.05) is 5.92 Å². The topological polar surface area (TPSA) is 17.1 Å². The molecule has 0 spiro atoms. The molecule has 1 aliphatic carbocycles. The van der Waals surface area contributed by atoms with Crippen molar-refractivity contribution < 1.29 is 4.79 Å². The van der Waals surface area contributed by atoms with Gasteiger partial charge in [-0.1, -0.05) is 24.3 Å². The number of hydrogen-bond donors (Lipinski definition) is 0. The molecule has 0 radical (unpaired) electrons.